The molecule has 0 unspecified atom stereocenters. The third kappa shape index (κ3) is 3.84. The first-order chi connectivity index (χ1) is 11.6. The van der Waals surface area contributed by atoms with Crippen molar-refractivity contribution in [2.24, 2.45) is 0 Å². The maximum atomic E-state index is 11.8. The number of aryl methyl sites for hydroxylation is 1. The van der Waals surface area contributed by atoms with Gasteiger partial charge < -0.3 is 19.0 Å². The highest BCUT2D eigenvalue weighted by Gasteiger charge is 2.06. The number of nitrogens with one attached hydrogen (secondary N) is 1. The average molecular weight is 326 g/mol. The molecule has 6 nitrogen and oxygen atoms in total. The molecule has 2 heterocycles. The predicted octanol–water partition coefficient (Wildman–Crippen LogP) is 2.10. The second kappa shape index (κ2) is 7.04. The molecule has 3 aromatic rings. The third-order valence-corrected chi connectivity index (χ3v) is 3.65. The van der Waals surface area contributed by atoms with Crippen molar-refractivity contribution in [2.45, 2.75) is 13.5 Å². The number of carbonyl (C=O) groups is 1. The highest BCUT2D eigenvalue weighted by atomic mass is 16.5. The van der Waals surface area contributed by atoms with E-state index >= 15 is 0 Å². The topological polar surface area (TPSA) is 73.5 Å². The van der Waals surface area contributed by atoms with Crippen molar-refractivity contribution in [2.75, 3.05) is 13.2 Å². The molecule has 0 aliphatic rings. The number of rotatable bonds is 6. The minimum absolute atomic E-state index is 0.0900. The number of hydrogen-bond acceptors (Lipinski definition) is 4. The summed E-state index contributed by atoms with van der Waals surface area (Å²) in [5.74, 6) is 0.282. The van der Waals surface area contributed by atoms with Crippen LogP contribution in [0.15, 0.2) is 58.0 Å². The summed E-state index contributed by atoms with van der Waals surface area (Å²) in [6.45, 7) is 2.99. The Labute approximate surface area is 138 Å². The van der Waals surface area contributed by atoms with Crippen LogP contribution in [0, 0.1) is 6.92 Å². The van der Waals surface area contributed by atoms with Crippen LogP contribution in [0.4, 0.5) is 0 Å². The summed E-state index contributed by atoms with van der Waals surface area (Å²) in [6, 6.07) is 10.5. The Balaban J connectivity index is 1.55. The lowest BCUT2D eigenvalue weighted by Gasteiger charge is -2.09. The van der Waals surface area contributed by atoms with Gasteiger partial charge in [0.05, 0.1) is 0 Å². The van der Waals surface area contributed by atoms with E-state index in [1.807, 2.05) is 42.1 Å². The molecule has 0 fully saturated rings. The van der Waals surface area contributed by atoms with E-state index in [1.165, 1.54) is 6.07 Å². The lowest BCUT2D eigenvalue weighted by molar-refractivity contribution is -0.123. The van der Waals surface area contributed by atoms with Crippen LogP contribution in [0.3, 0.4) is 0 Å². The Morgan fingerprint density at radius 2 is 2.04 bits per heavy atom. The van der Waals surface area contributed by atoms with E-state index < -0.39 is 5.63 Å². The number of nitrogens with zero attached hydrogens (tertiary/aromatic N) is 1. The van der Waals surface area contributed by atoms with Gasteiger partial charge in [0.25, 0.3) is 5.91 Å². The van der Waals surface area contributed by atoms with Crippen molar-refractivity contribution in [3.05, 3.63) is 64.8 Å². The van der Waals surface area contributed by atoms with Crippen LogP contribution in [0.25, 0.3) is 11.0 Å². The molecule has 0 radical (unpaired) electrons. The highest BCUT2D eigenvalue weighted by Crippen LogP contribution is 2.22. The lowest BCUT2D eigenvalue weighted by Crippen LogP contribution is -2.31. The summed E-state index contributed by atoms with van der Waals surface area (Å²) in [4.78, 5) is 23.2. The van der Waals surface area contributed by atoms with Gasteiger partial charge in [0, 0.05) is 43.0 Å². The minimum Gasteiger partial charge on any atom is -0.484 e. The maximum absolute atomic E-state index is 11.8. The SMILES string of the molecule is Cc1cc(=O)oc2cc(OCC(=O)NCCn3cccc3)ccc12. The zero-order valence-corrected chi connectivity index (χ0v) is 13.3. The molecule has 0 aliphatic carbocycles. The molecule has 3 rings (SSSR count). The molecule has 2 aromatic heterocycles. The first kappa shape index (κ1) is 15.9. The van der Waals surface area contributed by atoms with Crippen molar-refractivity contribution in [1.29, 1.82) is 0 Å². The van der Waals surface area contributed by atoms with Gasteiger partial charge in [-0.25, -0.2) is 4.79 Å². The number of benzene rings is 1. The van der Waals surface area contributed by atoms with Crippen LogP contribution in [0.1, 0.15) is 5.56 Å². The Hall–Kier alpha value is -3.02. The van der Waals surface area contributed by atoms with Gasteiger partial charge in [0.1, 0.15) is 11.3 Å². The summed E-state index contributed by atoms with van der Waals surface area (Å²) in [7, 11) is 0. The number of aromatic nitrogens is 1. The smallest absolute Gasteiger partial charge is 0.336 e. The molecular formula is C18H18N2O4. The minimum atomic E-state index is -0.403. The van der Waals surface area contributed by atoms with Crippen LogP contribution in [-0.2, 0) is 11.3 Å². The van der Waals surface area contributed by atoms with Crippen LogP contribution in [0.5, 0.6) is 5.75 Å². The van der Waals surface area contributed by atoms with E-state index in [0.29, 0.717) is 24.4 Å². The Morgan fingerprint density at radius 1 is 1.25 bits per heavy atom. The molecule has 6 heteroatoms. The highest BCUT2D eigenvalue weighted by molar-refractivity contribution is 5.81. The van der Waals surface area contributed by atoms with Crippen LogP contribution < -0.4 is 15.7 Å². The van der Waals surface area contributed by atoms with E-state index in [0.717, 1.165) is 10.9 Å². The van der Waals surface area contributed by atoms with Gasteiger partial charge in [-0.2, -0.15) is 0 Å². The fraction of sp³-hybridized carbons (Fsp3) is 0.222. The fourth-order valence-corrected chi connectivity index (χ4v) is 2.44. The molecule has 1 amide bonds. The fourth-order valence-electron chi connectivity index (χ4n) is 2.44. The van der Waals surface area contributed by atoms with Gasteiger partial charge in [-0.3, -0.25) is 4.79 Å². The van der Waals surface area contributed by atoms with Crippen molar-refractivity contribution in [3.63, 3.8) is 0 Å². The van der Waals surface area contributed by atoms with Crippen LogP contribution >= 0.6 is 0 Å². The molecule has 1 N–H and O–H groups in total. The largest absolute Gasteiger partial charge is 0.484 e. The first-order valence-electron chi connectivity index (χ1n) is 7.66. The summed E-state index contributed by atoms with van der Waals surface area (Å²) >= 11 is 0. The summed E-state index contributed by atoms with van der Waals surface area (Å²) in [5.41, 5.74) is 0.890. The molecule has 0 aliphatic heterocycles. The second-order valence-electron chi connectivity index (χ2n) is 5.47. The van der Waals surface area contributed by atoms with Gasteiger partial charge in [0.2, 0.25) is 0 Å². The lowest BCUT2D eigenvalue weighted by atomic mass is 10.1. The monoisotopic (exact) mass is 326 g/mol. The molecular weight excluding hydrogens is 308 g/mol. The second-order valence-corrected chi connectivity index (χ2v) is 5.47. The summed E-state index contributed by atoms with van der Waals surface area (Å²) in [5, 5.41) is 3.63. The van der Waals surface area contributed by atoms with E-state index in [1.54, 1.807) is 12.1 Å². The van der Waals surface area contributed by atoms with Crippen molar-refractivity contribution in [1.82, 2.24) is 9.88 Å². The zero-order chi connectivity index (χ0) is 16.9. The van der Waals surface area contributed by atoms with Gasteiger partial charge in [0.15, 0.2) is 6.61 Å². The van der Waals surface area contributed by atoms with E-state index in [2.05, 4.69) is 5.32 Å². The molecule has 0 saturated carbocycles. The maximum Gasteiger partial charge on any atom is 0.336 e. The Kier molecular flexibility index (Phi) is 4.65. The van der Waals surface area contributed by atoms with E-state index in [-0.39, 0.29) is 12.5 Å². The standard InChI is InChI=1S/C18H18N2O4/c1-13-10-18(22)24-16-11-14(4-5-15(13)16)23-12-17(21)19-6-9-20-7-2-3-8-20/h2-5,7-8,10-11H,6,9,12H2,1H3,(H,19,21). The van der Waals surface area contributed by atoms with Gasteiger partial charge >= 0.3 is 5.63 Å². The summed E-state index contributed by atoms with van der Waals surface area (Å²) < 4.78 is 12.6. The van der Waals surface area contributed by atoms with Crippen LogP contribution in [0.2, 0.25) is 0 Å². The molecule has 1 aromatic carbocycles. The molecule has 0 bridgehead atoms. The zero-order valence-electron chi connectivity index (χ0n) is 13.3. The molecule has 124 valence electrons. The van der Waals surface area contributed by atoms with Crippen LogP contribution in [-0.4, -0.2) is 23.6 Å². The molecule has 0 atom stereocenters. The normalized spacial score (nSPS) is 10.7. The van der Waals surface area contributed by atoms with E-state index in [4.69, 9.17) is 9.15 Å². The Bertz CT molecular complexity index is 897. The molecule has 0 saturated heterocycles. The third-order valence-electron chi connectivity index (χ3n) is 3.65. The predicted molar refractivity (Wildman–Crippen MR) is 90.2 cm³/mol. The Morgan fingerprint density at radius 3 is 2.83 bits per heavy atom. The summed E-state index contributed by atoms with van der Waals surface area (Å²) in [6.07, 6.45) is 3.88. The number of amides is 1. The first-order valence-corrected chi connectivity index (χ1v) is 7.66. The number of fused-ring (bicyclic) bond motifs is 1. The quantitative estimate of drug-likeness (QED) is 0.704. The number of hydrogen-bond donors (Lipinski definition) is 1. The molecule has 0 spiro atoms. The van der Waals surface area contributed by atoms with Gasteiger partial charge in [-0.1, -0.05) is 0 Å². The van der Waals surface area contributed by atoms with Crippen molar-refractivity contribution in [3.8, 4) is 5.75 Å². The van der Waals surface area contributed by atoms with Gasteiger partial charge in [-0.05, 0) is 36.8 Å². The van der Waals surface area contributed by atoms with Crippen molar-refractivity contribution < 1.29 is 13.9 Å². The van der Waals surface area contributed by atoms with Crippen molar-refractivity contribution >= 4 is 16.9 Å². The van der Waals surface area contributed by atoms with E-state index in [9.17, 15) is 9.59 Å². The van der Waals surface area contributed by atoms with Gasteiger partial charge in [-0.15, -0.1) is 0 Å². The molecule has 24 heavy (non-hydrogen) atoms. The number of carbonyl (C=O) groups excluding carboxylic acids is 1. The number of ether oxygens (including phenoxy) is 1. The average Bonchev–Trinajstić information content (AvgIpc) is 3.05.